The lowest BCUT2D eigenvalue weighted by Gasteiger charge is -2.26. The molecule has 3 nitrogen and oxygen atoms in total. The van der Waals surface area contributed by atoms with Crippen molar-refractivity contribution in [3.8, 4) is 0 Å². The zero-order chi connectivity index (χ0) is 13.7. The maximum atomic E-state index is 11.5. The van der Waals surface area contributed by atoms with Gasteiger partial charge in [0.15, 0.2) is 0 Å². The van der Waals surface area contributed by atoms with Gasteiger partial charge in [0.2, 0.25) is 5.91 Å². The SMILES string of the molecule is CC(C)(C)CCCC(=O)NCC(O)C(C)(C)C. The zero-order valence-electron chi connectivity index (χ0n) is 12.3. The van der Waals surface area contributed by atoms with Crippen molar-refractivity contribution in [3.05, 3.63) is 0 Å². The van der Waals surface area contributed by atoms with Crippen LogP contribution in [0.2, 0.25) is 0 Å². The molecule has 0 saturated heterocycles. The number of carbonyl (C=O) groups is 1. The first-order valence-corrected chi connectivity index (χ1v) is 6.47. The molecular weight excluding hydrogens is 214 g/mol. The fourth-order valence-electron chi connectivity index (χ4n) is 1.38. The summed E-state index contributed by atoms with van der Waals surface area (Å²) in [5.41, 5.74) is 0.101. The third kappa shape index (κ3) is 9.16. The molecular formula is C14H29NO2. The van der Waals surface area contributed by atoms with Crippen molar-refractivity contribution in [2.45, 2.75) is 66.9 Å². The van der Waals surface area contributed by atoms with Gasteiger partial charge in [-0.25, -0.2) is 0 Å². The quantitative estimate of drug-likeness (QED) is 0.780. The van der Waals surface area contributed by atoms with Gasteiger partial charge in [0, 0.05) is 13.0 Å². The molecule has 0 bridgehead atoms. The van der Waals surface area contributed by atoms with Crippen LogP contribution in [0.4, 0.5) is 0 Å². The predicted octanol–water partition coefficient (Wildman–Crippen LogP) is 2.73. The monoisotopic (exact) mass is 243 g/mol. The standard InChI is InChI=1S/C14H29NO2/c1-13(2,3)9-7-8-12(17)15-10-11(16)14(4,5)6/h11,16H,7-10H2,1-6H3,(H,15,17). The van der Waals surface area contributed by atoms with Crippen LogP contribution >= 0.6 is 0 Å². The maximum absolute atomic E-state index is 11.5. The smallest absolute Gasteiger partial charge is 0.220 e. The summed E-state index contributed by atoms with van der Waals surface area (Å²) in [5.74, 6) is 0.0394. The highest BCUT2D eigenvalue weighted by Gasteiger charge is 2.22. The maximum Gasteiger partial charge on any atom is 0.220 e. The van der Waals surface area contributed by atoms with Gasteiger partial charge in [0.05, 0.1) is 6.10 Å². The second-order valence-electron chi connectivity index (χ2n) is 7.10. The van der Waals surface area contributed by atoms with E-state index in [-0.39, 0.29) is 16.7 Å². The third-order valence-corrected chi connectivity index (χ3v) is 2.82. The number of hydrogen-bond acceptors (Lipinski definition) is 2. The molecule has 0 rings (SSSR count). The van der Waals surface area contributed by atoms with Crippen LogP contribution in [0.3, 0.4) is 0 Å². The number of amides is 1. The van der Waals surface area contributed by atoms with Gasteiger partial charge in [-0.15, -0.1) is 0 Å². The first-order chi connectivity index (χ1) is 7.52. The Kier molecular flexibility index (Phi) is 6.17. The summed E-state index contributed by atoms with van der Waals surface area (Å²) in [6, 6.07) is 0. The minimum Gasteiger partial charge on any atom is -0.391 e. The van der Waals surface area contributed by atoms with E-state index < -0.39 is 6.10 Å². The summed E-state index contributed by atoms with van der Waals surface area (Å²) < 4.78 is 0. The van der Waals surface area contributed by atoms with E-state index in [1.54, 1.807) is 0 Å². The fraction of sp³-hybridized carbons (Fsp3) is 0.929. The number of hydrogen-bond donors (Lipinski definition) is 2. The molecule has 0 spiro atoms. The lowest BCUT2D eigenvalue weighted by molar-refractivity contribution is -0.122. The second-order valence-corrected chi connectivity index (χ2v) is 7.10. The van der Waals surface area contributed by atoms with Gasteiger partial charge < -0.3 is 10.4 Å². The Labute approximate surface area is 106 Å². The summed E-state index contributed by atoms with van der Waals surface area (Å²) in [4.78, 5) is 11.5. The van der Waals surface area contributed by atoms with Crippen LogP contribution < -0.4 is 5.32 Å². The van der Waals surface area contributed by atoms with Crippen molar-refractivity contribution in [2.75, 3.05) is 6.54 Å². The van der Waals surface area contributed by atoms with Crippen molar-refractivity contribution in [1.82, 2.24) is 5.32 Å². The number of nitrogens with one attached hydrogen (secondary N) is 1. The topological polar surface area (TPSA) is 49.3 Å². The van der Waals surface area contributed by atoms with E-state index in [4.69, 9.17) is 0 Å². The Morgan fingerprint density at radius 1 is 1.18 bits per heavy atom. The molecule has 0 radical (unpaired) electrons. The summed E-state index contributed by atoms with van der Waals surface area (Å²) in [7, 11) is 0. The average molecular weight is 243 g/mol. The molecule has 1 amide bonds. The van der Waals surface area contributed by atoms with Gasteiger partial charge in [-0.05, 0) is 23.7 Å². The molecule has 0 fully saturated rings. The van der Waals surface area contributed by atoms with E-state index in [1.807, 2.05) is 20.8 Å². The Morgan fingerprint density at radius 3 is 2.12 bits per heavy atom. The molecule has 0 aliphatic rings. The molecule has 0 aromatic heterocycles. The molecule has 0 saturated carbocycles. The van der Waals surface area contributed by atoms with E-state index in [9.17, 15) is 9.90 Å². The van der Waals surface area contributed by atoms with Crippen LogP contribution in [0.5, 0.6) is 0 Å². The largest absolute Gasteiger partial charge is 0.391 e. The first kappa shape index (κ1) is 16.4. The molecule has 1 unspecified atom stereocenters. The van der Waals surface area contributed by atoms with Crippen LogP contribution in [0.15, 0.2) is 0 Å². The highest BCUT2D eigenvalue weighted by molar-refractivity contribution is 5.75. The minimum atomic E-state index is -0.492. The number of aliphatic hydroxyl groups is 1. The van der Waals surface area contributed by atoms with E-state index in [1.165, 1.54) is 0 Å². The molecule has 1 atom stereocenters. The zero-order valence-corrected chi connectivity index (χ0v) is 12.3. The normalized spacial score (nSPS) is 14.5. The van der Waals surface area contributed by atoms with Crippen molar-refractivity contribution in [1.29, 1.82) is 0 Å². The van der Waals surface area contributed by atoms with E-state index in [0.717, 1.165) is 12.8 Å². The van der Waals surface area contributed by atoms with Crippen LogP contribution in [0, 0.1) is 10.8 Å². The van der Waals surface area contributed by atoms with Crippen molar-refractivity contribution < 1.29 is 9.90 Å². The fourth-order valence-corrected chi connectivity index (χ4v) is 1.38. The van der Waals surface area contributed by atoms with Gasteiger partial charge in [-0.1, -0.05) is 41.5 Å². The van der Waals surface area contributed by atoms with E-state index in [2.05, 4.69) is 26.1 Å². The number of rotatable bonds is 5. The van der Waals surface area contributed by atoms with Crippen molar-refractivity contribution in [3.63, 3.8) is 0 Å². The van der Waals surface area contributed by atoms with Crippen LogP contribution in [-0.4, -0.2) is 23.7 Å². The molecule has 102 valence electrons. The Morgan fingerprint density at radius 2 is 1.71 bits per heavy atom. The van der Waals surface area contributed by atoms with E-state index in [0.29, 0.717) is 13.0 Å². The average Bonchev–Trinajstić information content (AvgIpc) is 2.10. The highest BCUT2D eigenvalue weighted by atomic mass is 16.3. The lowest BCUT2D eigenvalue weighted by atomic mass is 9.89. The third-order valence-electron chi connectivity index (χ3n) is 2.82. The van der Waals surface area contributed by atoms with Crippen LogP contribution in [-0.2, 0) is 4.79 Å². The van der Waals surface area contributed by atoms with Gasteiger partial charge in [0.25, 0.3) is 0 Å². The van der Waals surface area contributed by atoms with Gasteiger partial charge >= 0.3 is 0 Å². The first-order valence-electron chi connectivity index (χ1n) is 6.47. The van der Waals surface area contributed by atoms with Gasteiger partial charge in [-0.2, -0.15) is 0 Å². The van der Waals surface area contributed by atoms with Crippen molar-refractivity contribution >= 4 is 5.91 Å². The highest BCUT2D eigenvalue weighted by Crippen LogP contribution is 2.21. The number of aliphatic hydroxyl groups excluding tert-OH is 1. The molecule has 0 aliphatic carbocycles. The van der Waals surface area contributed by atoms with Crippen LogP contribution in [0.25, 0.3) is 0 Å². The Balaban J connectivity index is 3.75. The lowest BCUT2D eigenvalue weighted by Crippen LogP contribution is -2.39. The van der Waals surface area contributed by atoms with E-state index >= 15 is 0 Å². The summed E-state index contributed by atoms with van der Waals surface area (Å²) in [6.07, 6.45) is 2.01. The Hall–Kier alpha value is -0.570. The molecule has 0 heterocycles. The molecule has 3 heteroatoms. The second kappa shape index (κ2) is 6.39. The predicted molar refractivity (Wildman–Crippen MR) is 71.8 cm³/mol. The summed E-state index contributed by atoms with van der Waals surface area (Å²) >= 11 is 0. The minimum absolute atomic E-state index is 0.0394. The molecule has 0 aromatic rings. The van der Waals surface area contributed by atoms with Crippen LogP contribution in [0.1, 0.15) is 60.8 Å². The Bertz CT molecular complexity index is 236. The van der Waals surface area contributed by atoms with Crippen molar-refractivity contribution in [2.24, 2.45) is 10.8 Å². The summed E-state index contributed by atoms with van der Waals surface area (Å²) in [5, 5.41) is 12.6. The summed E-state index contributed by atoms with van der Waals surface area (Å²) in [6.45, 7) is 12.8. The molecule has 0 aliphatic heterocycles. The van der Waals surface area contributed by atoms with Gasteiger partial charge in [0.1, 0.15) is 0 Å². The molecule has 17 heavy (non-hydrogen) atoms. The number of carbonyl (C=O) groups excluding carboxylic acids is 1. The molecule has 2 N–H and O–H groups in total. The van der Waals surface area contributed by atoms with Gasteiger partial charge in [-0.3, -0.25) is 4.79 Å². The molecule has 0 aromatic carbocycles.